The van der Waals surface area contributed by atoms with E-state index in [1.54, 1.807) is 36.4 Å². The number of benzene rings is 2. The van der Waals surface area contributed by atoms with Crippen LogP contribution in [0.2, 0.25) is 5.02 Å². The minimum atomic E-state index is -0.667. The number of esters is 1. The normalized spacial score (nSPS) is 13.2. The Morgan fingerprint density at radius 3 is 2.45 bits per heavy atom. The molecule has 0 radical (unpaired) electrons. The number of hydrogen-bond donors (Lipinski definition) is 1. The van der Waals surface area contributed by atoms with E-state index < -0.39 is 17.8 Å². The van der Waals surface area contributed by atoms with Crippen LogP contribution in [-0.2, 0) is 14.3 Å². The van der Waals surface area contributed by atoms with Crippen molar-refractivity contribution < 1.29 is 23.9 Å². The first-order valence-electron chi connectivity index (χ1n) is 11.7. The van der Waals surface area contributed by atoms with Crippen LogP contribution < -0.4 is 15.0 Å². The number of carbonyl (C=O) groups is 3. The molecule has 2 aromatic carbocycles. The van der Waals surface area contributed by atoms with Crippen LogP contribution in [0.25, 0.3) is 0 Å². The summed E-state index contributed by atoms with van der Waals surface area (Å²) in [4.78, 5) is 50.3. The van der Waals surface area contributed by atoms with Crippen molar-refractivity contribution in [3.8, 4) is 5.75 Å². The highest BCUT2D eigenvalue weighted by molar-refractivity contribution is 8.04. The van der Waals surface area contributed by atoms with Gasteiger partial charge in [-0.3, -0.25) is 9.59 Å². The van der Waals surface area contributed by atoms with Gasteiger partial charge in [-0.1, -0.05) is 30.7 Å². The van der Waals surface area contributed by atoms with E-state index >= 15 is 0 Å². The second kappa shape index (κ2) is 11.7. The number of nitrogens with zero attached hydrogens (tertiary/aromatic N) is 3. The van der Waals surface area contributed by atoms with Gasteiger partial charge in [0.05, 0.1) is 30.7 Å². The number of methoxy groups -OCH3 is 1. The fourth-order valence-electron chi connectivity index (χ4n) is 3.79. The quantitative estimate of drug-likeness (QED) is 0.214. The summed E-state index contributed by atoms with van der Waals surface area (Å²) < 4.78 is 10.7. The molecule has 2 heterocycles. The van der Waals surface area contributed by atoms with Crippen molar-refractivity contribution in [1.82, 2.24) is 9.97 Å². The van der Waals surface area contributed by atoms with E-state index in [0.717, 1.165) is 16.7 Å². The number of amides is 2. The Morgan fingerprint density at radius 1 is 1.05 bits per heavy atom. The van der Waals surface area contributed by atoms with Gasteiger partial charge in [0.2, 0.25) is 0 Å². The molecule has 0 aliphatic carbocycles. The zero-order chi connectivity index (χ0) is 27.4. The number of hydrogen-bond acceptors (Lipinski definition) is 9. The van der Waals surface area contributed by atoms with Crippen molar-refractivity contribution in [1.29, 1.82) is 0 Å². The Bertz CT molecular complexity index is 1440. The van der Waals surface area contributed by atoms with E-state index in [-0.39, 0.29) is 28.5 Å². The number of aryl methyl sites for hydroxylation is 2. The van der Waals surface area contributed by atoms with Crippen LogP contribution in [0.4, 0.5) is 11.4 Å². The molecule has 0 bridgehead atoms. The van der Waals surface area contributed by atoms with E-state index in [4.69, 9.17) is 21.1 Å². The van der Waals surface area contributed by atoms with Gasteiger partial charge >= 0.3 is 5.97 Å². The lowest BCUT2D eigenvalue weighted by atomic mass is 10.1. The van der Waals surface area contributed by atoms with Gasteiger partial charge in [0.1, 0.15) is 16.4 Å². The highest BCUT2D eigenvalue weighted by Gasteiger charge is 2.42. The standard InChI is InChI=1S/C27H25ClN4O5S/c1-5-12-37-26(35)18-8-6-7-9-20(18)32-24(33)22(31-19-14-17(28)10-11-21(19)36-4)23(25(32)34)38-27-29-15(2)13-16(3)30-27/h6-11,13-14,31H,5,12H2,1-4H3. The first kappa shape index (κ1) is 27.2. The van der Waals surface area contributed by atoms with Crippen LogP contribution in [0.15, 0.2) is 64.3 Å². The molecule has 9 nitrogen and oxygen atoms in total. The minimum absolute atomic E-state index is 0.0277. The maximum absolute atomic E-state index is 13.8. The SMILES string of the molecule is CCCOC(=O)c1ccccc1N1C(=O)C(Nc2cc(Cl)ccc2OC)=C(Sc2nc(C)cc(C)n2)C1=O. The topological polar surface area (TPSA) is 111 Å². The molecule has 2 amide bonds. The molecule has 0 fully saturated rings. The van der Waals surface area contributed by atoms with Crippen molar-refractivity contribution in [3.63, 3.8) is 0 Å². The van der Waals surface area contributed by atoms with Crippen molar-refractivity contribution in [3.05, 3.63) is 81.1 Å². The van der Waals surface area contributed by atoms with Crippen LogP contribution in [0.3, 0.4) is 0 Å². The first-order valence-corrected chi connectivity index (χ1v) is 12.9. The van der Waals surface area contributed by atoms with E-state index in [1.165, 1.54) is 19.2 Å². The molecule has 0 unspecified atom stereocenters. The van der Waals surface area contributed by atoms with E-state index in [9.17, 15) is 14.4 Å². The molecule has 1 aliphatic heterocycles. The monoisotopic (exact) mass is 552 g/mol. The molecule has 0 spiro atoms. The zero-order valence-electron chi connectivity index (χ0n) is 21.2. The molecule has 4 rings (SSSR count). The fourth-order valence-corrected chi connectivity index (χ4v) is 4.94. The maximum Gasteiger partial charge on any atom is 0.340 e. The van der Waals surface area contributed by atoms with Gasteiger partial charge in [0, 0.05) is 16.4 Å². The molecule has 0 atom stereocenters. The highest BCUT2D eigenvalue weighted by Crippen LogP contribution is 2.39. The molecule has 3 aromatic rings. The lowest BCUT2D eigenvalue weighted by Crippen LogP contribution is -2.33. The second-order valence-corrected chi connectivity index (χ2v) is 9.72. The summed E-state index contributed by atoms with van der Waals surface area (Å²) >= 11 is 7.15. The largest absolute Gasteiger partial charge is 0.495 e. The van der Waals surface area contributed by atoms with Crippen LogP contribution >= 0.6 is 23.4 Å². The Balaban J connectivity index is 1.81. The molecular formula is C27H25ClN4O5S. The molecule has 0 saturated heterocycles. The summed E-state index contributed by atoms with van der Waals surface area (Å²) in [5.74, 6) is -1.52. The highest BCUT2D eigenvalue weighted by atomic mass is 35.5. The molecule has 11 heteroatoms. The molecule has 38 heavy (non-hydrogen) atoms. The van der Waals surface area contributed by atoms with E-state index in [0.29, 0.717) is 39.4 Å². The van der Waals surface area contributed by atoms with Gasteiger partial charge in [0.25, 0.3) is 11.8 Å². The summed E-state index contributed by atoms with van der Waals surface area (Å²) in [6.45, 7) is 5.71. The average molecular weight is 553 g/mol. The van der Waals surface area contributed by atoms with E-state index in [1.807, 2.05) is 20.8 Å². The molecule has 0 saturated carbocycles. The number of rotatable bonds is 9. The number of para-hydroxylation sites is 1. The molecular weight excluding hydrogens is 528 g/mol. The van der Waals surface area contributed by atoms with Gasteiger partial charge in [-0.05, 0) is 68.4 Å². The third-order valence-corrected chi connectivity index (χ3v) is 6.60. The summed E-state index contributed by atoms with van der Waals surface area (Å²) in [6, 6.07) is 13.0. The van der Waals surface area contributed by atoms with Gasteiger partial charge in [-0.25, -0.2) is 19.7 Å². The average Bonchev–Trinajstić information content (AvgIpc) is 3.10. The molecule has 196 valence electrons. The summed E-state index contributed by atoms with van der Waals surface area (Å²) in [7, 11) is 1.48. The Morgan fingerprint density at radius 2 is 1.76 bits per heavy atom. The van der Waals surface area contributed by atoms with Gasteiger partial charge in [-0.15, -0.1) is 0 Å². The number of ether oxygens (including phenoxy) is 2. The lowest BCUT2D eigenvalue weighted by molar-refractivity contribution is -0.120. The van der Waals surface area contributed by atoms with Gasteiger partial charge < -0.3 is 14.8 Å². The number of imide groups is 1. The van der Waals surface area contributed by atoms with Gasteiger partial charge in [-0.2, -0.15) is 0 Å². The first-order chi connectivity index (χ1) is 18.2. The van der Waals surface area contributed by atoms with Crippen LogP contribution in [0.5, 0.6) is 5.75 Å². The smallest absolute Gasteiger partial charge is 0.340 e. The summed E-state index contributed by atoms with van der Waals surface area (Å²) in [6.07, 6.45) is 0.628. The lowest BCUT2D eigenvalue weighted by Gasteiger charge is -2.18. The van der Waals surface area contributed by atoms with Crippen LogP contribution in [-0.4, -0.2) is 41.5 Å². The zero-order valence-corrected chi connectivity index (χ0v) is 22.8. The number of aromatic nitrogens is 2. The van der Waals surface area contributed by atoms with Crippen molar-refractivity contribution >= 4 is 52.5 Å². The fraction of sp³-hybridized carbons (Fsp3) is 0.222. The number of anilines is 2. The van der Waals surface area contributed by atoms with Crippen molar-refractivity contribution in [2.24, 2.45) is 0 Å². The maximum atomic E-state index is 13.8. The summed E-state index contributed by atoms with van der Waals surface area (Å²) in [5, 5.41) is 3.73. The molecule has 1 aliphatic rings. The Kier molecular flexibility index (Phi) is 8.33. The molecule has 1 N–H and O–H groups in total. The number of thioether (sulfide) groups is 1. The van der Waals surface area contributed by atoms with E-state index in [2.05, 4.69) is 15.3 Å². The Labute approximate surface area is 229 Å². The Hall–Kier alpha value is -3.89. The van der Waals surface area contributed by atoms with Gasteiger partial charge in [0.15, 0.2) is 5.16 Å². The summed E-state index contributed by atoms with van der Waals surface area (Å²) in [5.41, 5.74) is 1.98. The number of nitrogens with one attached hydrogen (secondary N) is 1. The van der Waals surface area contributed by atoms with Crippen LogP contribution in [0, 0.1) is 13.8 Å². The third kappa shape index (κ3) is 5.66. The molecule has 1 aromatic heterocycles. The second-order valence-electron chi connectivity index (χ2n) is 8.31. The minimum Gasteiger partial charge on any atom is -0.495 e. The predicted molar refractivity (Wildman–Crippen MR) is 146 cm³/mol. The number of halogens is 1. The number of carbonyl (C=O) groups excluding carboxylic acids is 3. The third-order valence-electron chi connectivity index (χ3n) is 5.42. The predicted octanol–water partition coefficient (Wildman–Crippen LogP) is 5.31. The van der Waals surface area contributed by atoms with Crippen molar-refractivity contribution in [2.45, 2.75) is 32.3 Å². The van der Waals surface area contributed by atoms with Crippen molar-refractivity contribution in [2.75, 3.05) is 23.9 Å². The van der Waals surface area contributed by atoms with Crippen LogP contribution in [0.1, 0.15) is 35.1 Å².